The Balaban J connectivity index is 2.09. The van der Waals surface area contributed by atoms with Gasteiger partial charge < -0.3 is 5.11 Å². The van der Waals surface area contributed by atoms with E-state index in [0.717, 1.165) is 12.0 Å². The Hall–Kier alpha value is -2.09. The van der Waals surface area contributed by atoms with Crippen molar-refractivity contribution in [1.29, 1.82) is 0 Å². The average Bonchev–Trinajstić information content (AvgIpc) is 2.48. The molecule has 110 valence electrons. The van der Waals surface area contributed by atoms with E-state index in [-0.39, 0.29) is 0 Å². The maximum atomic E-state index is 11.5. The van der Waals surface area contributed by atoms with Crippen molar-refractivity contribution >= 4 is 5.97 Å². The van der Waals surface area contributed by atoms with Crippen molar-refractivity contribution in [1.82, 2.24) is 0 Å². The average molecular weight is 282 g/mol. The molecule has 0 radical (unpaired) electrons. The summed E-state index contributed by atoms with van der Waals surface area (Å²) in [6.07, 6.45) is 1.41. The number of hydrogen-bond donors (Lipinski definition) is 1. The third-order valence-electron chi connectivity index (χ3n) is 3.84. The van der Waals surface area contributed by atoms with Gasteiger partial charge in [0.05, 0.1) is 5.92 Å². The first-order valence-electron chi connectivity index (χ1n) is 7.44. The molecule has 0 amide bonds. The molecule has 0 aliphatic rings. The molecule has 1 atom stereocenters. The molecule has 0 unspecified atom stereocenters. The summed E-state index contributed by atoms with van der Waals surface area (Å²) in [7, 11) is 0. The van der Waals surface area contributed by atoms with Gasteiger partial charge in [-0.15, -0.1) is 0 Å². The summed E-state index contributed by atoms with van der Waals surface area (Å²) in [4.78, 5) is 11.5. The normalized spacial score (nSPS) is 12.3. The zero-order valence-corrected chi connectivity index (χ0v) is 12.6. The van der Waals surface area contributed by atoms with Gasteiger partial charge in [0.15, 0.2) is 0 Å². The van der Waals surface area contributed by atoms with Crippen LogP contribution in [0, 0.1) is 0 Å². The van der Waals surface area contributed by atoms with Gasteiger partial charge in [0.2, 0.25) is 0 Å². The minimum atomic E-state index is -0.749. The zero-order valence-electron chi connectivity index (χ0n) is 12.6. The number of benzene rings is 2. The summed E-state index contributed by atoms with van der Waals surface area (Å²) in [5, 5.41) is 9.45. The standard InChI is InChI=1S/C19H22O2/c1-14(2)17-10-6-7-15(13-17)11-12-18(19(20)21)16-8-4-3-5-9-16/h3-10,13-14,18H,11-12H2,1-2H3,(H,20,21)/t18-/m1/s1. The molecule has 2 heteroatoms. The Morgan fingerprint density at radius 2 is 1.67 bits per heavy atom. The third kappa shape index (κ3) is 4.19. The first-order valence-corrected chi connectivity index (χ1v) is 7.44. The van der Waals surface area contributed by atoms with Crippen molar-refractivity contribution in [2.24, 2.45) is 0 Å². The largest absolute Gasteiger partial charge is 0.481 e. The predicted octanol–water partition coefficient (Wildman–Crippen LogP) is 4.61. The molecular weight excluding hydrogens is 260 g/mol. The van der Waals surface area contributed by atoms with E-state index >= 15 is 0 Å². The summed E-state index contributed by atoms with van der Waals surface area (Å²) in [5.41, 5.74) is 3.40. The molecule has 2 rings (SSSR count). The molecule has 0 aliphatic carbocycles. The van der Waals surface area contributed by atoms with Gasteiger partial charge in [-0.1, -0.05) is 68.4 Å². The lowest BCUT2D eigenvalue weighted by atomic mass is 9.91. The van der Waals surface area contributed by atoms with Crippen LogP contribution in [0.2, 0.25) is 0 Å². The van der Waals surface area contributed by atoms with E-state index in [1.54, 1.807) is 0 Å². The molecule has 0 fully saturated rings. The number of hydrogen-bond acceptors (Lipinski definition) is 1. The van der Waals surface area contributed by atoms with Crippen LogP contribution in [0.5, 0.6) is 0 Å². The van der Waals surface area contributed by atoms with Crippen molar-refractivity contribution in [2.75, 3.05) is 0 Å². The van der Waals surface area contributed by atoms with E-state index < -0.39 is 11.9 Å². The van der Waals surface area contributed by atoms with Crippen LogP contribution in [0.3, 0.4) is 0 Å². The number of carboxylic acid groups (broad SMARTS) is 1. The molecule has 0 aromatic heterocycles. The van der Waals surface area contributed by atoms with E-state index in [1.165, 1.54) is 11.1 Å². The van der Waals surface area contributed by atoms with E-state index in [0.29, 0.717) is 12.3 Å². The van der Waals surface area contributed by atoms with E-state index in [9.17, 15) is 9.90 Å². The molecule has 1 N–H and O–H groups in total. The molecule has 21 heavy (non-hydrogen) atoms. The smallest absolute Gasteiger partial charge is 0.310 e. The zero-order chi connectivity index (χ0) is 15.2. The SMILES string of the molecule is CC(C)c1cccc(CC[C@@H](C(=O)O)c2ccccc2)c1. The van der Waals surface area contributed by atoms with Gasteiger partial charge in [0, 0.05) is 0 Å². The summed E-state index contributed by atoms with van der Waals surface area (Å²) in [5.74, 6) is -0.690. The Morgan fingerprint density at radius 3 is 2.29 bits per heavy atom. The lowest BCUT2D eigenvalue weighted by Gasteiger charge is -2.13. The highest BCUT2D eigenvalue weighted by Crippen LogP contribution is 2.23. The van der Waals surface area contributed by atoms with Crippen LogP contribution in [-0.4, -0.2) is 11.1 Å². The lowest BCUT2D eigenvalue weighted by Crippen LogP contribution is -2.12. The molecule has 0 bridgehead atoms. The first-order chi connectivity index (χ1) is 10.1. The summed E-state index contributed by atoms with van der Waals surface area (Å²) in [6.45, 7) is 4.34. The van der Waals surface area contributed by atoms with Crippen LogP contribution in [0.15, 0.2) is 54.6 Å². The number of carbonyl (C=O) groups is 1. The maximum absolute atomic E-state index is 11.5. The summed E-state index contributed by atoms with van der Waals surface area (Å²) >= 11 is 0. The van der Waals surface area contributed by atoms with Crippen molar-refractivity contribution in [3.05, 3.63) is 71.3 Å². The Morgan fingerprint density at radius 1 is 1.00 bits per heavy atom. The Labute approximate surface area is 126 Å². The van der Waals surface area contributed by atoms with E-state index in [2.05, 4.69) is 38.1 Å². The minimum absolute atomic E-state index is 0.436. The van der Waals surface area contributed by atoms with Gasteiger partial charge in [-0.3, -0.25) is 4.79 Å². The lowest BCUT2D eigenvalue weighted by molar-refractivity contribution is -0.138. The fourth-order valence-corrected chi connectivity index (χ4v) is 2.54. The second-order valence-corrected chi connectivity index (χ2v) is 5.74. The number of rotatable bonds is 6. The van der Waals surface area contributed by atoms with Gasteiger partial charge in [-0.25, -0.2) is 0 Å². The van der Waals surface area contributed by atoms with Crippen LogP contribution >= 0.6 is 0 Å². The number of aryl methyl sites for hydroxylation is 1. The van der Waals surface area contributed by atoms with Gasteiger partial charge in [-0.05, 0) is 35.4 Å². The fourth-order valence-electron chi connectivity index (χ4n) is 2.54. The predicted molar refractivity (Wildman–Crippen MR) is 85.7 cm³/mol. The summed E-state index contributed by atoms with van der Waals surface area (Å²) < 4.78 is 0. The molecule has 0 heterocycles. The van der Waals surface area contributed by atoms with Crippen molar-refractivity contribution in [3.63, 3.8) is 0 Å². The third-order valence-corrected chi connectivity index (χ3v) is 3.84. The van der Waals surface area contributed by atoms with Gasteiger partial charge in [-0.2, -0.15) is 0 Å². The molecule has 0 spiro atoms. The van der Waals surface area contributed by atoms with Crippen LogP contribution in [-0.2, 0) is 11.2 Å². The van der Waals surface area contributed by atoms with Crippen LogP contribution in [0.1, 0.15) is 48.8 Å². The quantitative estimate of drug-likeness (QED) is 0.840. The highest BCUT2D eigenvalue weighted by Gasteiger charge is 2.19. The van der Waals surface area contributed by atoms with Crippen LogP contribution < -0.4 is 0 Å². The fraction of sp³-hybridized carbons (Fsp3) is 0.316. The molecule has 0 saturated carbocycles. The number of carboxylic acids is 1. The van der Waals surface area contributed by atoms with Crippen molar-refractivity contribution in [3.8, 4) is 0 Å². The molecular formula is C19H22O2. The second kappa shape index (κ2) is 7.07. The highest BCUT2D eigenvalue weighted by molar-refractivity contribution is 5.76. The molecule has 2 aromatic carbocycles. The topological polar surface area (TPSA) is 37.3 Å². The van der Waals surface area contributed by atoms with Crippen LogP contribution in [0.25, 0.3) is 0 Å². The van der Waals surface area contributed by atoms with Crippen molar-refractivity contribution < 1.29 is 9.90 Å². The second-order valence-electron chi connectivity index (χ2n) is 5.74. The van der Waals surface area contributed by atoms with Crippen molar-refractivity contribution in [2.45, 2.75) is 38.5 Å². The first kappa shape index (κ1) is 15.3. The number of aliphatic carboxylic acids is 1. The van der Waals surface area contributed by atoms with Gasteiger partial charge >= 0.3 is 5.97 Å². The minimum Gasteiger partial charge on any atom is -0.481 e. The van der Waals surface area contributed by atoms with Crippen LogP contribution in [0.4, 0.5) is 0 Å². The monoisotopic (exact) mass is 282 g/mol. The van der Waals surface area contributed by atoms with Gasteiger partial charge in [0.25, 0.3) is 0 Å². The maximum Gasteiger partial charge on any atom is 0.310 e. The van der Waals surface area contributed by atoms with E-state index in [4.69, 9.17) is 0 Å². The molecule has 0 aliphatic heterocycles. The summed E-state index contributed by atoms with van der Waals surface area (Å²) in [6, 6.07) is 17.9. The highest BCUT2D eigenvalue weighted by atomic mass is 16.4. The Kier molecular flexibility index (Phi) is 5.15. The van der Waals surface area contributed by atoms with Gasteiger partial charge in [0.1, 0.15) is 0 Å². The molecule has 2 nitrogen and oxygen atoms in total. The molecule has 0 saturated heterocycles. The molecule has 2 aromatic rings. The Bertz CT molecular complexity index is 588. The van der Waals surface area contributed by atoms with E-state index in [1.807, 2.05) is 30.3 Å².